The number of carbonyl (C=O) groups is 1. The Morgan fingerprint density at radius 2 is 1.81 bits per heavy atom. The summed E-state index contributed by atoms with van der Waals surface area (Å²) in [6.45, 7) is 4.71. The predicted molar refractivity (Wildman–Crippen MR) is 121 cm³/mol. The summed E-state index contributed by atoms with van der Waals surface area (Å²) in [5.74, 6) is 0.334. The minimum atomic E-state index is -4.54. The maximum atomic E-state index is 12.9. The molecule has 1 N–H and O–H groups in total. The molecular formula is C21H19Cl2F3N4OS. The summed E-state index contributed by atoms with van der Waals surface area (Å²) in [5, 5.41) is 12.0. The SMILES string of the molecule is CC(C)Cn1c(SCC(=O)Nc2cc(C(F)(F)F)ccc2Cl)nnc1-c1ccc(Cl)cc1. The molecule has 0 fully saturated rings. The number of nitrogens with one attached hydrogen (secondary N) is 1. The van der Waals surface area contributed by atoms with Crippen molar-refractivity contribution in [2.75, 3.05) is 11.1 Å². The number of alkyl halides is 3. The van der Waals surface area contributed by atoms with Crippen LogP contribution in [0.1, 0.15) is 19.4 Å². The molecule has 0 atom stereocenters. The van der Waals surface area contributed by atoms with Gasteiger partial charge in [0.15, 0.2) is 11.0 Å². The molecule has 170 valence electrons. The highest BCUT2D eigenvalue weighted by molar-refractivity contribution is 7.99. The van der Waals surface area contributed by atoms with Gasteiger partial charge in [0, 0.05) is 17.1 Å². The summed E-state index contributed by atoms with van der Waals surface area (Å²) in [7, 11) is 0. The van der Waals surface area contributed by atoms with Crippen molar-refractivity contribution in [1.29, 1.82) is 0 Å². The van der Waals surface area contributed by atoms with Crippen LogP contribution in [0.2, 0.25) is 10.0 Å². The van der Waals surface area contributed by atoms with Gasteiger partial charge in [-0.25, -0.2) is 0 Å². The summed E-state index contributed by atoms with van der Waals surface area (Å²) in [6, 6.07) is 9.95. The lowest BCUT2D eigenvalue weighted by Gasteiger charge is -2.13. The van der Waals surface area contributed by atoms with Crippen LogP contribution in [0, 0.1) is 5.92 Å². The van der Waals surface area contributed by atoms with Gasteiger partial charge in [0.1, 0.15) is 0 Å². The molecule has 5 nitrogen and oxygen atoms in total. The highest BCUT2D eigenvalue weighted by Crippen LogP contribution is 2.34. The minimum Gasteiger partial charge on any atom is -0.324 e. The molecule has 3 rings (SSSR count). The molecule has 0 radical (unpaired) electrons. The summed E-state index contributed by atoms with van der Waals surface area (Å²) in [5.41, 5.74) is -0.165. The van der Waals surface area contributed by atoms with Crippen molar-refractivity contribution in [2.24, 2.45) is 5.92 Å². The molecule has 1 amide bonds. The van der Waals surface area contributed by atoms with E-state index in [9.17, 15) is 18.0 Å². The first-order valence-corrected chi connectivity index (χ1v) is 11.3. The highest BCUT2D eigenvalue weighted by atomic mass is 35.5. The maximum Gasteiger partial charge on any atom is 0.416 e. The zero-order valence-corrected chi connectivity index (χ0v) is 19.4. The van der Waals surface area contributed by atoms with Crippen molar-refractivity contribution >= 4 is 46.6 Å². The van der Waals surface area contributed by atoms with Gasteiger partial charge in [-0.2, -0.15) is 13.2 Å². The van der Waals surface area contributed by atoms with Crippen LogP contribution >= 0.6 is 35.0 Å². The molecule has 0 unspecified atom stereocenters. The summed E-state index contributed by atoms with van der Waals surface area (Å²) in [6.07, 6.45) is -4.54. The van der Waals surface area contributed by atoms with Crippen LogP contribution in [0.5, 0.6) is 0 Å². The van der Waals surface area contributed by atoms with E-state index >= 15 is 0 Å². The van der Waals surface area contributed by atoms with E-state index in [2.05, 4.69) is 15.5 Å². The lowest BCUT2D eigenvalue weighted by atomic mass is 10.2. The number of nitrogens with zero attached hydrogens (tertiary/aromatic N) is 3. The van der Waals surface area contributed by atoms with E-state index in [1.165, 1.54) is 0 Å². The smallest absolute Gasteiger partial charge is 0.324 e. The van der Waals surface area contributed by atoms with E-state index in [0.717, 1.165) is 35.5 Å². The standard InChI is InChI=1S/C21H19Cl2F3N4OS/c1-12(2)10-30-19(13-3-6-15(22)7-4-13)28-29-20(30)32-11-18(31)27-17-9-14(21(24,25)26)5-8-16(17)23/h3-9,12H,10-11H2,1-2H3,(H,27,31). The van der Waals surface area contributed by atoms with Crippen LogP contribution in [0.15, 0.2) is 47.6 Å². The van der Waals surface area contributed by atoms with Crippen molar-refractivity contribution in [3.63, 3.8) is 0 Å². The molecule has 0 aliphatic carbocycles. The fourth-order valence-electron chi connectivity index (χ4n) is 2.85. The van der Waals surface area contributed by atoms with Crippen LogP contribution in [0.4, 0.5) is 18.9 Å². The Morgan fingerprint density at radius 3 is 2.44 bits per heavy atom. The number of amides is 1. The summed E-state index contributed by atoms with van der Waals surface area (Å²) >= 11 is 13.0. The zero-order valence-electron chi connectivity index (χ0n) is 17.1. The minimum absolute atomic E-state index is 0.0179. The number of anilines is 1. The largest absolute Gasteiger partial charge is 0.416 e. The molecule has 0 aliphatic heterocycles. The van der Waals surface area contributed by atoms with Crippen LogP contribution in [-0.2, 0) is 17.5 Å². The number of aromatic nitrogens is 3. The van der Waals surface area contributed by atoms with Gasteiger partial charge in [-0.1, -0.05) is 48.8 Å². The number of rotatable bonds is 7. The van der Waals surface area contributed by atoms with Gasteiger partial charge < -0.3 is 9.88 Å². The molecule has 0 saturated carbocycles. The van der Waals surface area contributed by atoms with Crippen LogP contribution in [0.3, 0.4) is 0 Å². The third-order valence-corrected chi connectivity index (χ3v) is 5.82. The fraction of sp³-hybridized carbons (Fsp3) is 0.286. The second kappa shape index (κ2) is 10.1. The summed E-state index contributed by atoms with van der Waals surface area (Å²) in [4.78, 5) is 12.4. The Labute approximate surface area is 197 Å². The van der Waals surface area contributed by atoms with Gasteiger partial charge in [-0.05, 0) is 48.4 Å². The second-order valence-electron chi connectivity index (χ2n) is 7.35. The Bertz CT molecular complexity index is 1100. The molecule has 0 saturated heterocycles. The first-order chi connectivity index (χ1) is 15.0. The van der Waals surface area contributed by atoms with Gasteiger partial charge in [-0.15, -0.1) is 10.2 Å². The molecule has 3 aromatic rings. The average Bonchev–Trinajstić information content (AvgIpc) is 3.09. The van der Waals surface area contributed by atoms with E-state index in [1.54, 1.807) is 12.1 Å². The third kappa shape index (κ3) is 6.17. The zero-order chi connectivity index (χ0) is 23.5. The van der Waals surface area contributed by atoms with Crippen molar-refractivity contribution in [2.45, 2.75) is 31.7 Å². The monoisotopic (exact) mass is 502 g/mol. The Balaban J connectivity index is 1.75. The van der Waals surface area contributed by atoms with Crippen molar-refractivity contribution < 1.29 is 18.0 Å². The third-order valence-electron chi connectivity index (χ3n) is 4.27. The Hall–Kier alpha value is -2.23. The Morgan fingerprint density at radius 1 is 1.12 bits per heavy atom. The molecule has 2 aromatic carbocycles. The van der Waals surface area contributed by atoms with E-state index in [1.807, 2.05) is 30.5 Å². The first-order valence-electron chi connectivity index (χ1n) is 9.53. The number of thioether (sulfide) groups is 1. The lowest BCUT2D eigenvalue weighted by Crippen LogP contribution is -2.16. The number of halogens is 5. The van der Waals surface area contributed by atoms with Gasteiger partial charge in [-0.3, -0.25) is 4.79 Å². The number of hydrogen-bond acceptors (Lipinski definition) is 4. The van der Waals surface area contributed by atoms with E-state index in [4.69, 9.17) is 23.2 Å². The highest BCUT2D eigenvalue weighted by Gasteiger charge is 2.31. The number of hydrogen-bond donors (Lipinski definition) is 1. The topological polar surface area (TPSA) is 59.8 Å². The van der Waals surface area contributed by atoms with Crippen LogP contribution in [-0.4, -0.2) is 26.4 Å². The fourth-order valence-corrected chi connectivity index (χ4v) is 3.89. The normalized spacial score (nSPS) is 11.8. The molecule has 1 aromatic heterocycles. The second-order valence-corrected chi connectivity index (χ2v) is 9.13. The number of carbonyl (C=O) groups excluding carboxylic acids is 1. The van der Waals surface area contributed by atoms with Gasteiger partial charge in [0.05, 0.1) is 22.0 Å². The average molecular weight is 503 g/mol. The molecular weight excluding hydrogens is 484 g/mol. The molecule has 32 heavy (non-hydrogen) atoms. The maximum absolute atomic E-state index is 12.9. The van der Waals surface area contributed by atoms with Crippen molar-refractivity contribution in [3.8, 4) is 11.4 Å². The van der Waals surface area contributed by atoms with Crippen molar-refractivity contribution in [3.05, 3.63) is 58.1 Å². The molecule has 0 spiro atoms. The van der Waals surface area contributed by atoms with Crippen LogP contribution in [0.25, 0.3) is 11.4 Å². The Kier molecular flexibility index (Phi) is 7.74. The molecule has 0 aliphatic rings. The van der Waals surface area contributed by atoms with Gasteiger partial charge in [0.25, 0.3) is 0 Å². The lowest BCUT2D eigenvalue weighted by molar-refractivity contribution is -0.137. The van der Waals surface area contributed by atoms with E-state index in [-0.39, 0.29) is 22.4 Å². The molecule has 11 heteroatoms. The number of benzene rings is 2. The van der Waals surface area contributed by atoms with Crippen LogP contribution < -0.4 is 5.32 Å². The molecule has 0 bridgehead atoms. The van der Waals surface area contributed by atoms with Gasteiger partial charge in [0.2, 0.25) is 5.91 Å². The van der Waals surface area contributed by atoms with Crippen molar-refractivity contribution in [1.82, 2.24) is 14.8 Å². The van der Waals surface area contributed by atoms with E-state index in [0.29, 0.717) is 22.5 Å². The summed E-state index contributed by atoms with van der Waals surface area (Å²) < 4.78 is 40.7. The quantitative estimate of drug-likeness (QED) is 0.367. The first kappa shape index (κ1) is 24.4. The van der Waals surface area contributed by atoms with E-state index < -0.39 is 17.6 Å². The van der Waals surface area contributed by atoms with Gasteiger partial charge >= 0.3 is 6.18 Å². The predicted octanol–water partition coefficient (Wildman–Crippen LogP) is 6.66. The molecule has 1 heterocycles.